The third kappa shape index (κ3) is 5.22. The van der Waals surface area contributed by atoms with Crippen LogP contribution >= 0.6 is 0 Å². The number of carbonyl (C=O) groups is 3. The molecule has 178 valence electrons. The summed E-state index contributed by atoms with van der Waals surface area (Å²) in [6.07, 6.45) is 0. The van der Waals surface area contributed by atoms with Gasteiger partial charge in [-0.2, -0.15) is 0 Å². The van der Waals surface area contributed by atoms with Gasteiger partial charge in [0.05, 0.1) is 13.2 Å². The molecule has 3 rings (SSSR count). The van der Waals surface area contributed by atoms with Crippen LogP contribution in [0, 0.1) is 25.5 Å². The van der Waals surface area contributed by atoms with Crippen molar-refractivity contribution in [2.45, 2.75) is 27.3 Å². The van der Waals surface area contributed by atoms with E-state index >= 15 is 0 Å². The first-order valence-corrected chi connectivity index (χ1v) is 10.8. The highest BCUT2D eigenvalue weighted by molar-refractivity contribution is 6.06. The van der Waals surface area contributed by atoms with E-state index in [1.807, 2.05) is 0 Å². The zero-order chi connectivity index (χ0) is 25.0. The Hall–Kier alpha value is -3.81. The highest BCUT2D eigenvalue weighted by Gasteiger charge is 2.28. The maximum atomic E-state index is 13.8. The fourth-order valence-corrected chi connectivity index (χ4v) is 3.94. The molecular weight excluding hydrogens is 442 g/mol. The van der Waals surface area contributed by atoms with E-state index in [0.29, 0.717) is 22.4 Å². The van der Waals surface area contributed by atoms with E-state index in [-0.39, 0.29) is 36.7 Å². The molecule has 0 saturated carbocycles. The molecule has 0 aliphatic carbocycles. The number of ketones is 1. The van der Waals surface area contributed by atoms with E-state index in [4.69, 9.17) is 4.74 Å². The summed E-state index contributed by atoms with van der Waals surface area (Å²) in [7, 11) is 1.67. The molecule has 0 atom stereocenters. The van der Waals surface area contributed by atoms with Crippen molar-refractivity contribution in [3.05, 3.63) is 93.8 Å². The average molecular weight is 469 g/mol. The molecule has 0 fully saturated rings. The number of Topliss-reactive ketones (excluding diaryl/α,β-unsaturated/α-hetero) is 1. The van der Waals surface area contributed by atoms with E-state index in [1.165, 1.54) is 47.4 Å². The van der Waals surface area contributed by atoms with Crippen LogP contribution in [0.25, 0.3) is 0 Å². The van der Waals surface area contributed by atoms with Gasteiger partial charge in [-0.15, -0.1) is 0 Å². The first-order valence-electron chi connectivity index (χ1n) is 10.8. The molecule has 2 aromatic carbocycles. The maximum Gasteiger partial charge on any atom is 0.355 e. The van der Waals surface area contributed by atoms with Gasteiger partial charge < -0.3 is 14.2 Å². The number of hydrogen-bond acceptors (Lipinski definition) is 4. The largest absolute Gasteiger partial charge is 0.461 e. The third-order valence-electron chi connectivity index (χ3n) is 5.66. The minimum atomic E-state index is -0.576. The molecule has 34 heavy (non-hydrogen) atoms. The molecule has 1 heterocycles. The van der Waals surface area contributed by atoms with Crippen LogP contribution in [0.1, 0.15) is 54.9 Å². The van der Waals surface area contributed by atoms with Crippen LogP contribution < -0.4 is 0 Å². The zero-order valence-corrected chi connectivity index (χ0v) is 19.5. The molecule has 0 spiro atoms. The lowest BCUT2D eigenvalue weighted by Crippen LogP contribution is -2.35. The first kappa shape index (κ1) is 24.8. The van der Waals surface area contributed by atoms with Crippen molar-refractivity contribution < 1.29 is 27.9 Å². The van der Waals surface area contributed by atoms with Crippen molar-refractivity contribution in [2.24, 2.45) is 7.05 Å². The van der Waals surface area contributed by atoms with Gasteiger partial charge in [0.2, 0.25) is 0 Å². The summed E-state index contributed by atoms with van der Waals surface area (Å²) in [6.45, 7) is 4.95. The Kier molecular flexibility index (Phi) is 7.61. The number of ether oxygens (including phenoxy) is 1. The monoisotopic (exact) mass is 468 g/mol. The lowest BCUT2D eigenvalue weighted by molar-refractivity contribution is 0.0514. The Morgan fingerprint density at radius 3 is 2.29 bits per heavy atom. The van der Waals surface area contributed by atoms with Crippen molar-refractivity contribution >= 4 is 17.7 Å². The fourth-order valence-electron chi connectivity index (χ4n) is 3.94. The maximum absolute atomic E-state index is 13.8. The summed E-state index contributed by atoms with van der Waals surface area (Å²) in [4.78, 5) is 40.3. The van der Waals surface area contributed by atoms with Gasteiger partial charge in [-0.1, -0.05) is 18.2 Å². The molecule has 0 aliphatic rings. The number of benzene rings is 2. The quantitative estimate of drug-likeness (QED) is 0.357. The number of rotatable bonds is 8. The average Bonchev–Trinajstić information content (AvgIpc) is 3.02. The Balaban J connectivity index is 1.97. The number of nitrogens with zero attached hydrogens (tertiary/aromatic N) is 2. The van der Waals surface area contributed by atoms with E-state index in [2.05, 4.69) is 0 Å². The minimum Gasteiger partial charge on any atom is -0.461 e. The summed E-state index contributed by atoms with van der Waals surface area (Å²) < 4.78 is 33.8. The van der Waals surface area contributed by atoms with Gasteiger partial charge in [-0.3, -0.25) is 9.59 Å². The van der Waals surface area contributed by atoms with E-state index in [1.54, 1.807) is 32.4 Å². The van der Waals surface area contributed by atoms with Gasteiger partial charge in [-0.05, 0) is 62.2 Å². The highest BCUT2D eigenvalue weighted by atomic mass is 19.1. The van der Waals surface area contributed by atoms with Crippen LogP contribution in [-0.2, 0) is 18.3 Å². The molecule has 0 unspecified atom stereocenters. The number of aromatic nitrogens is 1. The summed E-state index contributed by atoms with van der Waals surface area (Å²) in [5.41, 5.74) is 2.30. The van der Waals surface area contributed by atoms with Crippen molar-refractivity contribution in [1.29, 1.82) is 0 Å². The summed E-state index contributed by atoms with van der Waals surface area (Å²) >= 11 is 0. The van der Waals surface area contributed by atoms with Gasteiger partial charge in [0.1, 0.15) is 17.3 Å². The van der Waals surface area contributed by atoms with Gasteiger partial charge in [-0.25, -0.2) is 13.6 Å². The van der Waals surface area contributed by atoms with Gasteiger partial charge >= 0.3 is 5.97 Å². The summed E-state index contributed by atoms with van der Waals surface area (Å²) in [6, 6.07) is 10.8. The third-order valence-corrected chi connectivity index (χ3v) is 5.66. The van der Waals surface area contributed by atoms with Crippen molar-refractivity contribution in [1.82, 2.24) is 9.47 Å². The molecule has 0 saturated heterocycles. The predicted molar refractivity (Wildman–Crippen MR) is 123 cm³/mol. The van der Waals surface area contributed by atoms with Crippen molar-refractivity contribution in [3.63, 3.8) is 0 Å². The predicted octanol–water partition coefficient (Wildman–Crippen LogP) is 4.62. The smallest absolute Gasteiger partial charge is 0.355 e. The van der Waals surface area contributed by atoms with Crippen LogP contribution in [0.3, 0.4) is 0 Å². The SMILES string of the molecule is CCOC(=O)c1c(C)c(C(=O)CN(Cc2ccc(F)cc2)C(=O)c2cccc(F)c2)c(C)n1C. The van der Waals surface area contributed by atoms with Crippen LogP contribution in [0.5, 0.6) is 0 Å². The molecular formula is C26H26F2N2O4. The lowest BCUT2D eigenvalue weighted by atomic mass is 10.0. The molecule has 8 heteroatoms. The summed E-state index contributed by atoms with van der Waals surface area (Å²) in [5.74, 6) is -2.47. The summed E-state index contributed by atoms with van der Waals surface area (Å²) in [5, 5.41) is 0. The van der Waals surface area contributed by atoms with Crippen LogP contribution in [0.15, 0.2) is 48.5 Å². The molecule has 6 nitrogen and oxygen atoms in total. The van der Waals surface area contributed by atoms with Crippen LogP contribution in [-0.4, -0.2) is 40.3 Å². The minimum absolute atomic E-state index is 0.0109. The normalized spacial score (nSPS) is 10.8. The second-order valence-electron chi connectivity index (χ2n) is 7.93. The molecule has 0 bridgehead atoms. The number of carbonyl (C=O) groups excluding carboxylic acids is 3. The lowest BCUT2D eigenvalue weighted by Gasteiger charge is -2.23. The van der Waals surface area contributed by atoms with Crippen molar-refractivity contribution in [2.75, 3.05) is 13.2 Å². The topological polar surface area (TPSA) is 68.6 Å². The Bertz CT molecular complexity index is 1230. The number of amides is 1. The van der Waals surface area contributed by atoms with E-state index < -0.39 is 23.5 Å². The van der Waals surface area contributed by atoms with Gasteiger partial charge in [0.25, 0.3) is 5.91 Å². The number of hydrogen-bond donors (Lipinski definition) is 0. The standard InChI is InChI=1S/C26H26F2N2O4/c1-5-34-26(33)24-16(2)23(17(3)29(24)4)22(31)15-30(14-18-9-11-20(27)12-10-18)25(32)19-7-6-8-21(28)13-19/h6-13H,5,14-15H2,1-4H3. The Morgan fingerprint density at radius 2 is 1.68 bits per heavy atom. The van der Waals surface area contributed by atoms with Crippen LogP contribution in [0.4, 0.5) is 8.78 Å². The molecule has 1 amide bonds. The van der Waals surface area contributed by atoms with Crippen molar-refractivity contribution in [3.8, 4) is 0 Å². The zero-order valence-electron chi connectivity index (χ0n) is 19.5. The van der Waals surface area contributed by atoms with Crippen LogP contribution in [0.2, 0.25) is 0 Å². The second kappa shape index (κ2) is 10.4. The number of esters is 1. The molecule has 1 aromatic heterocycles. The Labute approximate surface area is 196 Å². The molecule has 0 N–H and O–H groups in total. The first-order chi connectivity index (χ1) is 16.1. The molecule has 0 aliphatic heterocycles. The fraction of sp³-hybridized carbons (Fsp3) is 0.269. The Morgan fingerprint density at radius 1 is 1.00 bits per heavy atom. The molecule has 3 aromatic rings. The highest BCUT2D eigenvalue weighted by Crippen LogP contribution is 2.24. The van der Waals surface area contributed by atoms with Gasteiger partial charge in [0, 0.05) is 30.4 Å². The van der Waals surface area contributed by atoms with Gasteiger partial charge in [0.15, 0.2) is 5.78 Å². The number of halogens is 2. The van der Waals surface area contributed by atoms with E-state index in [0.717, 1.165) is 6.07 Å². The second-order valence-corrected chi connectivity index (χ2v) is 7.93. The molecule has 0 radical (unpaired) electrons. The van der Waals surface area contributed by atoms with E-state index in [9.17, 15) is 23.2 Å².